The van der Waals surface area contributed by atoms with Gasteiger partial charge in [-0.1, -0.05) is 6.07 Å². The first-order chi connectivity index (χ1) is 10.3. The number of aromatic nitrogens is 1. The molecule has 0 saturated heterocycles. The van der Waals surface area contributed by atoms with Gasteiger partial charge < -0.3 is 19.5 Å². The summed E-state index contributed by atoms with van der Waals surface area (Å²) >= 11 is 0. The highest BCUT2D eigenvalue weighted by molar-refractivity contribution is 5.33. The molecule has 1 aromatic carbocycles. The van der Waals surface area contributed by atoms with E-state index in [1.807, 2.05) is 36.4 Å². The summed E-state index contributed by atoms with van der Waals surface area (Å²) in [6.45, 7) is 2.28. The molecule has 0 aliphatic carbocycles. The van der Waals surface area contributed by atoms with Crippen LogP contribution in [0.2, 0.25) is 0 Å². The SMILES string of the molecule is COCCNCc1ccc(Oc2ccc(OC)cc2)nc1. The Bertz CT molecular complexity index is 526. The molecule has 0 spiro atoms. The Balaban J connectivity index is 1.86. The van der Waals surface area contributed by atoms with E-state index in [0.717, 1.165) is 30.2 Å². The normalized spacial score (nSPS) is 10.4. The second kappa shape index (κ2) is 8.24. The van der Waals surface area contributed by atoms with E-state index in [9.17, 15) is 0 Å². The summed E-state index contributed by atoms with van der Waals surface area (Å²) in [5.74, 6) is 2.10. The monoisotopic (exact) mass is 288 g/mol. The van der Waals surface area contributed by atoms with Gasteiger partial charge in [-0.15, -0.1) is 0 Å². The molecule has 5 nitrogen and oxygen atoms in total. The third kappa shape index (κ3) is 5.06. The highest BCUT2D eigenvalue weighted by Crippen LogP contribution is 2.22. The van der Waals surface area contributed by atoms with E-state index in [-0.39, 0.29) is 0 Å². The molecule has 0 aliphatic rings. The van der Waals surface area contributed by atoms with Crippen LogP contribution < -0.4 is 14.8 Å². The molecule has 2 rings (SSSR count). The van der Waals surface area contributed by atoms with Gasteiger partial charge in [0.2, 0.25) is 5.88 Å². The molecule has 1 heterocycles. The van der Waals surface area contributed by atoms with Gasteiger partial charge in [0.15, 0.2) is 0 Å². The summed E-state index contributed by atoms with van der Waals surface area (Å²) in [4.78, 5) is 4.29. The quantitative estimate of drug-likeness (QED) is 0.757. The minimum Gasteiger partial charge on any atom is -0.497 e. The largest absolute Gasteiger partial charge is 0.497 e. The van der Waals surface area contributed by atoms with Gasteiger partial charge in [0.05, 0.1) is 13.7 Å². The molecule has 0 atom stereocenters. The number of benzene rings is 1. The molecule has 21 heavy (non-hydrogen) atoms. The van der Waals surface area contributed by atoms with Gasteiger partial charge in [0, 0.05) is 32.5 Å². The third-order valence-electron chi connectivity index (χ3n) is 2.89. The highest BCUT2D eigenvalue weighted by atomic mass is 16.5. The second-order valence-electron chi connectivity index (χ2n) is 4.45. The Morgan fingerprint density at radius 2 is 1.76 bits per heavy atom. The van der Waals surface area contributed by atoms with Crippen LogP contribution in [-0.4, -0.2) is 32.4 Å². The lowest BCUT2D eigenvalue weighted by Crippen LogP contribution is -2.18. The molecule has 0 bridgehead atoms. The lowest BCUT2D eigenvalue weighted by Gasteiger charge is -2.07. The minimum absolute atomic E-state index is 0.570. The lowest BCUT2D eigenvalue weighted by molar-refractivity contribution is 0.199. The van der Waals surface area contributed by atoms with Crippen LogP contribution in [-0.2, 0) is 11.3 Å². The fourth-order valence-corrected chi connectivity index (χ4v) is 1.75. The molecular formula is C16H20N2O3. The first-order valence-electron chi connectivity index (χ1n) is 6.78. The van der Waals surface area contributed by atoms with Crippen LogP contribution in [0.3, 0.4) is 0 Å². The average Bonchev–Trinajstić information content (AvgIpc) is 2.54. The number of rotatable bonds is 8. The molecule has 0 aliphatic heterocycles. The lowest BCUT2D eigenvalue weighted by atomic mass is 10.3. The Hall–Kier alpha value is -2.11. The predicted molar refractivity (Wildman–Crippen MR) is 80.9 cm³/mol. The van der Waals surface area contributed by atoms with Crippen molar-refractivity contribution in [3.05, 3.63) is 48.2 Å². The van der Waals surface area contributed by atoms with Crippen molar-refractivity contribution in [2.24, 2.45) is 0 Å². The number of methoxy groups -OCH3 is 2. The molecule has 0 unspecified atom stereocenters. The van der Waals surface area contributed by atoms with Crippen LogP contribution in [0.5, 0.6) is 17.4 Å². The maximum Gasteiger partial charge on any atom is 0.219 e. The molecule has 0 fully saturated rings. The number of nitrogens with zero attached hydrogens (tertiary/aromatic N) is 1. The smallest absolute Gasteiger partial charge is 0.219 e. The number of hydrogen-bond donors (Lipinski definition) is 1. The van der Waals surface area contributed by atoms with Crippen molar-refractivity contribution in [3.63, 3.8) is 0 Å². The molecule has 1 aromatic heterocycles. The van der Waals surface area contributed by atoms with Crippen molar-refractivity contribution in [2.75, 3.05) is 27.4 Å². The van der Waals surface area contributed by atoms with Gasteiger partial charge in [-0.25, -0.2) is 4.98 Å². The summed E-state index contributed by atoms with van der Waals surface area (Å²) < 4.78 is 15.7. The Kier molecular flexibility index (Phi) is 5.99. The van der Waals surface area contributed by atoms with Gasteiger partial charge in [0.25, 0.3) is 0 Å². The predicted octanol–water partition coefficient (Wildman–Crippen LogP) is 2.62. The van der Waals surface area contributed by atoms with Crippen LogP contribution in [0.4, 0.5) is 0 Å². The van der Waals surface area contributed by atoms with E-state index in [0.29, 0.717) is 12.5 Å². The zero-order valence-corrected chi connectivity index (χ0v) is 12.3. The van der Waals surface area contributed by atoms with E-state index in [1.165, 1.54) is 0 Å². The molecule has 0 saturated carbocycles. The van der Waals surface area contributed by atoms with Crippen LogP contribution >= 0.6 is 0 Å². The van der Waals surface area contributed by atoms with Crippen molar-refractivity contribution in [3.8, 4) is 17.4 Å². The summed E-state index contributed by atoms with van der Waals surface area (Å²) in [7, 11) is 3.32. The van der Waals surface area contributed by atoms with Crippen molar-refractivity contribution < 1.29 is 14.2 Å². The number of nitrogens with one attached hydrogen (secondary N) is 1. The summed E-state index contributed by atoms with van der Waals surface area (Å²) in [6.07, 6.45) is 1.80. The van der Waals surface area contributed by atoms with E-state index in [1.54, 1.807) is 20.4 Å². The fourth-order valence-electron chi connectivity index (χ4n) is 1.75. The van der Waals surface area contributed by atoms with Gasteiger partial charge in [0.1, 0.15) is 11.5 Å². The maximum absolute atomic E-state index is 5.67. The molecule has 112 valence electrons. The number of ether oxygens (including phenoxy) is 3. The van der Waals surface area contributed by atoms with Crippen LogP contribution in [0.25, 0.3) is 0 Å². The Morgan fingerprint density at radius 1 is 1.00 bits per heavy atom. The van der Waals surface area contributed by atoms with Gasteiger partial charge in [-0.2, -0.15) is 0 Å². The highest BCUT2D eigenvalue weighted by Gasteiger charge is 2.00. The molecule has 2 aromatic rings. The van der Waals surface area contributed by atoms with E-state index < -0.39 is 0 Å². The summed E-state index contributed by atoms with van der Waals surface area (Å²) in [5, 5.41) is 3.26. The molecule has 0 amide bonds. The summed E-state index contributed by atoms with van der Waals surface area (Å²) in [6, 6.07) is 11.2. The summed E-state index contributed by atoms with van der Waals surface area (Å²) in [5.41, 5.74) is 1.10. The molecule has 5 heteroatoms. The molecule has 1 N–H and O–H groups in total. The average molecular weight is 288 g/mol. The van der Waals surface area contributed by atoms with Crippen molar-refractivity contribution in [1.29, 1.82) is 0 Å². The van der Waals surface area contributed by atoms with E-state index >= 15 is 0 Å². The van der Waals surface area contributed by atoms with Crippen LogP contribution in [0, 0.1) is 0 Å². The minimum atomic E-state index is 0.570. The molecule has 0 radical (unpaired) electrons. The van der Waals surface area contributed by atoms with Crippen LogP contribution in [0.15, 0.2) is 42.6 Å². The first-order valence-corrected chi connectivity index (χ1v) is 6.78. The van der Waals surface area contributed by atoms with Gasteiger partial charge >= 0.3 is 0 Å². The van der Waals surface area contributed by atoms with E-state index in [4.69, 9.17) is 14.2 Å². The molecular weight excluding hydrogens is 268 g/mol. The third-order valence-corrected chi connectivity index (χ3v) is 2.89. The Morgan fingerprint density at radius 3 is 2.38 bits per heavy atom. The van der Waals surface area contributed by atoms with E-state index in [2.05, 4.69) is 10.3 Å². The van der Waals surface area contributed by atoms with Crippen molar-refractivity contribution in [2.45, 2.75) is 6.54 Å². The maximum atomic E-state index is 5.67. The zero-order chi connectivity index (χ0) is 14.9. The topological polar surface area (TPSA) is 52.6 Å². The number of pyridine rings is 1. The van der Waals surface area contributed by atoms with Crippen molar-refractivity contribution in [1.82, 2.24) is 10.3 Å². The second-order valence-corrected chi connectivity index (χ2v) is 4.45. The first kappa shape index (κ1) is 15.3. The van der Waals surface area contributed by atoms with Crippen LogP contribution in [0.1, 0.15) is 5.56 Å². The van der Waals surface area contributed by atoms with Gasteiger partial charge in [-0.3, -0.25) is 0 Å². The van der Waals surface area contributed by atoms with Gasteiger partial charge in [-0.05, 0) is 29.8 Å². The fraction of sp³-hybridized carbons (Fsp3) is 0.312. The Labute approximate surface area is 124 Å². The zero-order valence-electron chi connectivity index (χ0n) is 12.3. The number of hydrogen-bond acceptors (Lipinski definition) is 5. The standard InChI is InChI=1S/C16H20N2O3/c1-19-10-9-17-11-13-3-8-16(18-12-13)21-15-6-4-14(20-2)5-7-15/h3-8,12,17H,9-11H2,1-2H3. The van der Waals surface area contributed by atoms with Crippen molar-refractivity contribution >= 4 is 0 Å².